The summed E-state index contributed by atoms with van der Waals surface area (Å²) in [6.07, 6.45) is 2.52. The summed E-state index contributed by atoms with van der Waals surface area (Å²) in [4.78, 5) is 12.9. The van der Waals surface area contributed by atoms with Crippen molar-refractivity contribution in [2.24, 2.45) is 11.1 Å². The van der Waals surface area contributed by atoms with Gasteiger partial charge in [-0.2, -0.15) is 0 Å². The van der Waals surface area contributed by atoms with Crippen LogP contribution >= 0.6 is 0 Å². The Bertz CT molecular complexity index is 874. The van der Waals surface area contributed by atoms with E-state index in [2.05, 4.69) is 13.8 Å². The Morgan fingerprint density at radius 2 is 1.80 bits per heavy atom. The van der Waals surface area contributed by atoms with Crippen LogP contribution in [0.25, 0.3) is 0 Å². The molecule has 7 nitrogen and oxygen atoms in total. The molecule has 2 aliphatic rings. The Kier molecular flexibility index (Phi) is 6.19. The van der Waals surface area contributed by atoms with E-state index in [1.165, 1.54) is 0 Å². The first-order valence-corrected chi connectivity index (χ1v) is 10.1. The second-order valence-corrected chi connectivity index (χ2v) is 8.28. The second kappa shape index (κ2) is 8.50. The molecule has 7 heteroatoms. The number of rotatable bonds is 6. The van der Waals surface area contributed by atoms with Crippen molar-refractivity contribution >= 4 is 5.97 Å². The van der Waals surface area contributed by atoms with E-state index in [1.807, 2.05) is 12.1 Å². The summed E-state index contributed by atoms with van der Waals surface area (Å²) in [5.41, 5.74) is 8.53. The van der Waals surface area contributed by atoms with Crippen molar-refractivity contribution < 1.29 is 28.5 Å². The van der Waals surface area contributed by atoms with Crippen LogP contribution in [0.1, 0.15) is 51.5 Å². The van der Waals surface area contributed by atoms with Gasteiger partial charge in [-0.1, -0.05) is 13.8 Å². The SMILES string of the molecule is CCOC(=O)C1=C(N)OC2=C(CCC(C)(C)C2)[C@@H]1c1cc(OC)c(OC)c(OC)c1. The molecule has 1 aromatic rings. The molecule has 1 atom stereocenters. The van der Waals surface area contributed by atoms with Gasteiger partial charge < -0.3 is 29.4 Å². The first kappa shape index (κ1) is 21.9. The number of hydrogen-bond donors (Lipinski definition) is 1. The van der Waals surface area contributed by atoms with Crippen molar-refractivity contribution in [1.29, 1.82) is 0 Å². The Morgan fingerprint density at radius 1 is 1.17 bits per heavy atom. The van der Waals surface area contributed by atoms with E-state index in [0.717, 1.165) is 36.2 Å². The van der Waals surface area contributed by atoms with E-state index >= 15 is 0 Å². The van der Waals surface area contributed by atoms with Crippen LogP contribution in [-0.4, -0.2) is 33.9 Å². The first-order valence-electron chi connectivity index (χ1n) is 10.1. The highest BCUT2D eigenvalue weighted by Crippen LogP contribution is 2.51. The van der Waals surface area contributed by atoms with Crippen LogP contribution in [-0.2, 0) is 14.3 Å². The highest BCUT2D eigenvalue weighted by atomic mass is 16.5. The second-order valence-electron chi connectivity index (χ2n) is 8.28. The molecular formula is C23H31NO6. The number of ether oxygens (including phenoxy) is 5. The van der Waals surface area contributed by atoms with E-state index in [-0.39, 0.29) is 17.9 Å². The first-order chi connectivity index (χ1) is 14.3. The monoisotopic (exact) mass is 417 g/mol. The lowest BCUT2D eigenvalue weighted by Gasteiger charge is -2.39. The molecule has 1 aromatic carbocycles. The maximum Gasteiger partial charge on any atom is 0.340 e. The van der Waals surface area contributed by atoms with Gasteiger partial charge in [0.1, 0.15) is 11.3 Å². The molecular weight excluding hydrogens is 386 g/mol. The highest BCUT2D eigenvalue weighted by molar-refractivity contribution is 5.92. The van der Waals surface area contributed by atoms with Crippen LogP contribution in [0.15, 0.2) is 34.9 Å². The molecule has 1 aliphatic heterocycles. The van der Waals surface area contributed by atoms with Gasteiger partial charge >= 0.3 is 5.97 Å². The zero-order chi connectivity index (χ0) is 22.1. The number of esters is 1. The van der Waals surface area contributed by atoms with Crippen molar-refractivity contribution in [2.75, 3.05) is 27.9 Å². The van der Waals surface area contributed by atoms with Crippen molar-refractivity contribution in [1.82, 2.24) is 0 Å². The lowest BCUT2D eigenvalue weighted by molar-refractivity contribution is -0.139. The molecule has 2 N–H and O–H groups in total. The summed E-state index contributed by atoms with van der Waals surface area (Å²) < 4.78 is 27.8. The maximum absolute atomic E-state index is 12.9. The summed E-state index contributed by atoms with van der Waals surface area (Å²) in [6, 6.07) is 3.71. The minimum Gasteiger partial charge on any atom is -0.493 e. The van der Waals surface area contributed by atoms with Gasteiger partial charge in [-0.25, -0.2) is 4.79 Å². The summed E-state index contributed by atoms with van der Waals surface area (Å²) in [5, 5.41) is 0. The summed E-state index contributed by atoms with van der Waals surface area (Å²) in [5.74, 6) is 1.54. The molecule has 1 heterocycles. The fourth-order valence-electron chi connectivity index (χ4n) is 4.22. The minimum absolute atomic E-state index is 0.0867. The number of carbonyl (C=O) groups excluding carboxylic acids is 1. The van der Waals surface area contributed by atoms with Gasteiger partial charge in [-0.15, -0.1) is 0 Å². The largest absolute Gasteiger partial charge is 0.493 e. The number of nitrogens with two attached hydrogens (primary N) is 1. The molecule has 3 rings (SSSR count). The Hall–Kier alpha value is -2.83. The molecule has 0 fully saturated rings. The van der Waals surface area contributed by atoms with Gasteiger partial charge in [-0.3, -0.25) is 0 Å². The van der Waals surface area contributed by atoms with Crippen LogP contribution in [0.5, 0.6) is 17.2 Å². The fourth-order valence-corrected chi connectivity index (χ4v) is 4.22. The predicted octanol–water partition coefficient (Wildman–Crippen LogP) is 4.02. The summed E-state index contributed by atoms with van der Waals surface area (Å²) >= 11 is 0. The molecule has 0 amide bonds. The van der Waals surface area contributed by atoms with E-state index < -0.39 is 11.9 Å². The summed E-state index contributed by atoms with van der Waals surface area (Å²) in [6.45, 7) is 6.42. The number of hydrogen-bond acceptors (Lipinski definition) is 7. The van der Waals surface area contributed by atoms with Crippen LogP contribution in [0.3, 0.4) is 0 Å². The molecule has 0 unspecified atom stereocenters. The Morgan fingerprint density at radius 3 is 2.33 bits per heavy atom. The number of methoxy groups -OCH3 is 3. The average molecular weight is 418 g/mol. The molecule has 164 valence electrons. The van der Waals surface area contributed by atoms with Crippen LogP contribution in [0.4, 0.5) is 0 Å². The Labute approximate surface area is 177 Å². The van der Waals surface area contributed by atoms with Crippen molar-refractivity contribution in [2.45, 2.75) is 46.0 Å². The molecule has 0 radical (unpaired) electrons. The summed E-state index contributed by atoms with van der Waals surface area (Å²) in [7, 11) is 4.69. The molecule has 30 heavy (non-hydrogen) atoms. The molecule has 0 saturated heterocycles. The molecule has 0 saturated carbocycles. The van der Waals surface area contributed by atoms with Gasteiger partial charge in [0.15, 0.2) is 11.5 Å². The maximum atomic E-state index is 12.9. The average Bonchev–Trinajstić information content (AvgIpc) is 2.70. The molecule has 0 bridgehead atoms. The quantitative estimate of drug-likeness (QED) is 0.699. The van der Waals surface area contributed by atoms with Crippen LogP contribution in [0, 0.1) is 5.41 Å². The van der Waals surface area contributed by atoms with E-state index in [9.17, 15) is 4.79 Å². The van der Waals surface area contributed by atoms with Gasteiger partial charge in [-0.05, 0) is 48.4 Å². The zero-order valence-corrected chi connectivity index (χ0v) is 18.6. The minimum atomic E-state index is -0.481. The lowest BCUT2D eigenvalue weighted by atomic mass is 9.70. The standard InChI is InChI=1S/C23H31NO6/c1-7-29-22(25)19-18(13-10-15(26-4)20(28-6)16(11-13)27-5)14-8-9-23(2,3)12-17(14)30-21(19)24/h10-11,18H,7-9,12,24H2,1-6H3/t18-/m0/s1. The molecule has 0 aromatic heterocycles. The highest BCUT2D eigenvalue weighted by Gasteiger charge is 2.41. The third kappa shape index (κ3) is 3.93. The van der Waals surface area contributed by atoms with Crippen molar-refractivity contribution in [3.05, 3.63) is 40.5 Å². The number of benzene rings is 1. The van der Waals surface area contributed by atoms with Gasteiger partial charge in [0, 0.05) is 12.3 Å². The number of allylic oxidation sites excluding steroid dienone is 2. The van der Waals surface area contributed by atoms with Crippen LogP contribution in [0.2, 0.25) is 0 Å². The van der Waals surface area contributed by atoms with Gasteiger partial charge in [0.05, 0.1) is 27.9 Å². The smallest absolute Gasteiger partial charge is 0.340 e. The van der Waals surface area contributed by atoms with E-state index in [0.29, 0.717) is 22.8 Å². The van der Waals surface area contributed by atoms with Crippen molar-refractivity contribution in [3.63, 3.8) is 0 Å². The normalized spacial score (nSPS) is 20.3. The lowest BCUT2D eigenvalue weighted by Crippen LogP contribution is -2.31. The molecule has 1 aliphatic carbocycles. The van der Waals surface area contributed by atoms with Crippen molar-refractivity contribution in [3.8, 4) is 17.2 Å². The van der Waals surface area contributed by atoms with E-state index in [4.69, 9.17) is 29.4 Å². The van der Waals surface area contributed by atoms with E-state index in [1.54, 1.807) is 28.3 Å². The van der Waals surface area contributed by atoms with Crippen LogP contribution < -0.4 is 19.9 Å². The zero-order valence-electron chi connectivity index (χ0n) is 18.6. The topological polar surface area (TPSA) is 89.2 Å². The molecule has 0 spiro atoms. The Balaban J connectivity index is 2.21. The third-order valence-electron chi connectivity index (χ3n) is 5.72. The third-order valence-corrected chi connectivity index (χ3v) is 5.72. The fraction of sp³-hybridized carbons (Fsp3) is 0.522. The predicted molar refractivity (Wildman–Crippen MR) is 112 cm³/mol. The van der Waals surface area contributed by atoms with Gasteiger partial charge in [0.2, 0.25) is 11.6 Å². The van der Waals surface area contributed by atoms with Gasteiger partial charge in [0.25, 0.3) is 0 Å². The number of carbonyl (C=O) groups is 1.